The van der Waals surface area contributed by atoms with Gasteiger partial charge < -0.3 is 13.9 Å². The van der Waals surface area contributed by atoms with E-state index < -0.39 is 0 Å². The van der Waals surface area contributed by atoms with Crippen molar-refractivity contribution in [3.05, 3.63) is 71.9 Å². The molecule has 6 heteroatoms. The molecule has 2 heterocycles. The Labute approximate surface area is 173 Å². The third-order valence-corrected chi connectivity index (χ3v) is 5.45. The smallest absolute Gasteiger partial charge is 0.247 e. The highest BCUT2D eigenvalue weighted by atomic mass is 19.1. The molecule has 3 aromatic carbocycles. The number of nitrogens with zero attached hydrogens (tertiary/aromatic N) is 2. The minimum absolute atomic E-state index is 0.264. The van der Waals surface area contributed by atoms with E-state index in [4.69, 9.17) is 13.9 Å². The van der Waals surface area contributed by atoms with Crippen molar-refractivity contribution in [3.63, 3.8) is 0 Å². The maximum absolute atomic E-state index is 13.2. The Kier molecular flexibility index (Phi) is 4.42. The van der Waals surface area contributed by atoms with Crippen molar-refractivity contribution in [1.82, 2.24) is 10.2 Å². The zero-order chi connectivity index (χ0) is 20.7. The lowest BCUT2D eigenvalue weighted by Crippen LogP contribution is -2.33. The SMILES string of the molecule is CC1(C)CCc2c(-c3nnco3)cc3c(OCc4ccc(F)cc4)cccc3c2O1. The summed E-state index contributed by atoms with van der Waals surface area (Å²) in [6.45, 7) is 4.52. The topological polar surface area (TPSA) is 57.4 Å². The van der Waals surface area contributed by atoms with E-state index >= 15 is 0 Å². The second kappa shape index (κ2) is 7.13. The summed E-state index contributed by atoms with van der Waals surface area (Å²) in [5.74, 6) is 1.75. The van der Waals surface area contributed by atoms with Gasteiger partial charge in [-0.25, -0.2) is 4.39 Å². The Bertz CT molecular complexity index is 1200. The predicted molar refractivity (Wildman–Crippen MR) is 111 cm³/mol. The fourth-order valence-electron chi connectivity index (χ4n) is 3.87. The molecule has 0 N–H and O–H groups in total. The van der Waals surface area contributed by atoms with Crippen LogP contribution >= 0.6 is 0 Å². The van der Waals surface area contributed by atoms with Crippen LogP contribution in [0.15, 0.2) is 59.3 Å². The van der Waals surface area contributed by atoms with Gasteiger partial charge >= 0.3 is 0 Å². The Morgan fingerprint density at radius 2 is 1.93 bits per heavy atom. The number of halogens is 1. The van der Waals surface area contributed by atoms with E-state index in [2.05, 4.69) is 24.0 Å². The van der Waals surface area contributed by atoms with Crippen molar-refractivity contribution in [2.45, 2.75) is 38.9 Å². The fourth-order valence-corrected chi connectivity index (χ4v) is 3.87. The average Bonchev–Trinajstić information content (AvgIpc) is 3.27. The summed E-state index contributed by atoms with van der Waals surface area (Å²) in [5, 5.41) is 9.85. The molecule has 5 nitrogen and oxygen atoms in total. The fraction of sp³-hybridized carbons (Fsp3) is 0.250. The van der Waals surface area contributed by atoms with E-state index in [-0.39, 0.29) is 11.4 Å². The third kappa shape index (κ3) is 3.38. The van der Waals surface area contributed by atoms with Crippen LogP contribution in [-0.2, 0) is 13.0 Å². The van der Waals surface area contributed by atoms with E-state index in [1.807, 2.05) is 24.3 Å². The first kappa shape index (κ1) is 18.6. The van der Waals surface area contributed by atoms with E-state index in [9.17, 15) is 4.39 Å². The van der Waals surface area contributed by atoms with Gasteiger partial charge in [0.25, 0.3) is 0 Å². The normalized spacial score (nSPS) is 14.9. The highest BCUT2D eigenvalue weighted by Crippen LogP contribution is 2.45. The molecule has 0 saturated carbocycles. The van der Waals surface area contributed by atoms with Gasteiger partial charge in [-0.3, -0.25) is 0 Å². The molecular weight excluding hydrogens is 383 g/mol. The first-order chi connectivity index (χ1) is 14.5. The van der Waals surface area contributed by atoms with Gasteiger partial charge in [0, 0.05) is 21.9 Å². The highest BCUT2D eigenvalue weighted by Gasteiger charge is 2.31. The largest absolute Gasteiger partial charge is 0.488 e. The number of benzene rings is 3. The van der Waals surface area contributed by atoms with Crippen molar-refractivity contribution in [2.24, 2.45) is 0 Å². The molecule has 0 aliphatic carbocycles. The molecule has 1 aliphatic rings. The summed E-state index contributed by atoms with van der Waals surface area (Å²) >= 11 is 0. The lowest BCUT2D eigenvalue weighted by molar-refractivity contribution is 0.0870. The number of aromatic nitrogens is 2. The number of rotatable bonds is 4. The molecule has 0 spiro atoms. The third-order valence-electron chi connectivity index (χ3n) is 5.45. The van der Waals surface area contributed by atoms with E-state index in [1.54, 1.807) is 12.1 Å². The monoisotopic (exact) mass is 404 g/mol. The molecule has 152 valence electrons. The van der Waals surface area contributed by atoms with Crippen LogP contribution < -0.4 is 9.47 Å². The molecule has 0 amide bonds. The molecule has 1 aliphatic heterocycles. The van der Waals surface area contributed by atoms with Gasteiger partial charge in [0.15, 0.2) is 0 Å². The van der Waals surface area contributed by atoms with Crippen LogP contribution in [0.25, 0.3) is 22.2 Å². The average molecular weight is 404 g/mol. The molecule has 5 rings (SSSR count). The minimum atomic E-state index is -0.266. The van der Waals surface area contributed by atoms with Crippen molar-refractivity contribution in [2.75, 3.05) is 0 Å². The molecular formula is C24H21FN2O3. The Morgan fingerprint density at radius 3 is 2.70 bits per heavy atom. The molecule has 0 bridgehead atoms. The number of hydrogen-bond acceptors (Lipinski definition) is 5. The molecule has 0 fully saturated rings. The predicted octanol–water partition coefficient (Wildman–Crippen LogP) is 5.71. The summed E-state index contributed by atoms with van der Waals surface area (Å²) in [4.78, 5) is 0. The summed E-state index contributed by atoms with van der Waals surface area (Å²) < 4.78 is 31.2. The first-order valence-electron chi connectivity index (χ1n) is 9.92. The van der Waals surface area contributed by atoms with Gasteiger partial charge in [0.05, 0.1) is 0 Å². The Hall–Kier alpha value is -3.41. The minimum Gasteiger partial charge on any atom is -0.488 e. The maximum atomic E-state index is 13.2. The molecule has 0 saturated heterocycles. The van der Waals surface area contributed by atoms with Crippen LogP contribution in [-0.4, -0.2) is 15.8 Å². The Morgan fingerprint density at radius 1 is 1.10 bits per heavy atom. The molecule has 0 atom stereocenters. The van der Waals surface area contributed by atoms with Crippen LogP contribution in [0.5, 0.6) is 11.5 Å². The molecule has 0 unspecified atom stereocenters. The van der Waals surface area contributed by atoms with Crippen LogP contribution in [0.3, 0.4) is 0 Å². The van der Waals surface area contributed by atoms with Crippen LogP contribution in [0, 0.1) is 5.82 Å². The number of hydrogen-bond donors (Lipinski definition) is 0. The summed E-state index contributed by atoms with van der Waals surface area (Å²) in [6, 6.07) is 14.3. The second-order valence-corrected chi connectivity index (χ2v) is 8.10. The summed E-state index contributed by atoms with van der Waals surface area (Å²) in [5.41, 5.74) is 2.56. The van der Waals surface area contributed by atoms with Crippen molar-refractivity contribution >= 4 is 10.8 Å². The molecule has 0 radical (unpaired) electrons. The van der Waals surface area contributed by atoms with E-state index in [1.165, 1.54) is 18.5 Å². The van der Waals surface area contributed by atoms with Gasteiger partial charge in [0.2, 0.25) is 12.3 Å². The van der Waals surface area contributed by atoms with Crippen LogP contribution in [0.4, 0.5) is 4.39 Å². The second-order valence-electron chi connectivity index (χ2n) is 8.10. The van der Waals surface area contributed by atoms with Gasteiger partial charge in [-0.2, -0.15) is 0 Å². The van der Waals surface area contributed by atoms with E-state index in [0.29, 0.717) is 18.2 Å². The van der Waals surface area contributed by atoms with E-state index in [0.717, 1.165) is 46.1 Å². The lowest BCUT2D eigenvalue weighted by Gasteiger charge is -2.34. The zero-order valence-corrected chi connectivity index (χ0v) is 16.8. The Balaban J connectivity index is 1.62. The molecule has 1 aromatic heterocycles. The van der Waals surface area contributed by atoms with Crippen molar-refractivity contribution in [1.29, 1.82) is 0 Å². The van der Waals surface area contributed by atoms with Crippen molar-refractivity contribution < 1.29 is 18.3 Å². The lowest BCUT2D eigenvalue weighted by atomic mass is 9.88. The van der Waals surface area contributed by atoms with Gasteiger partial charge in [-0.15, -0.1) is 10.2 Å². The number of ether oxygens (including phenoxy) is 2. The van der Waals surface area contributed by atoms with Crippen LogP contribution in [0.1, 0.15) is 31.4 Å². The van der Waals surface area contributed by atoms with Gasteiger partial charge in [-0.1, -0.05) is 24.3 Å². The quantitative estimate of drug-likeness (QED) is 0.436. The molecule has 30 heavy (non-hydrogen) atoms. The van der Waals surface area contributed by atoms with Gasteiger partial charge in [0.1, 0.15) is 29.5 Å². The highest BCUT2D eigenvalue weighted by molar-refractivity contribution is 5.98. The van der Waals surface area contributed by atoms with Gasteiger partial charge in [-0.05, 0) is 56.5 Å². The first-order valence-corrected chi connectivity index (χ1v) is 9.92. The summed E-state index contributed by atoms with van der Waals surface area (Å²) in [7, 11) is 0. The zero-order valence-electron chi connectivity index (χ0n) is 16.8. The number of fused-ring (bicyclic) bond motifs is 3. The van der Waals surface area contributed by atoms with Crippen LogP contribution in [0.2, 0.25) is 0 Å². The standard InChI is InChI=1S/C24H21FN2O3/c1-24(2)11-10-18-20(23-27-26-14-29-23)12-19-17(22(18)30-24)4-3-5-21(19)28-13-15-6-8-16(25)9-7-15/h3-9,12,14H,10-11,13H2,1-2H3. The maximum Gasteiger partial charge on any atom is 0.247 e. The molecule has 4 aromatic rings. The summed E-state index contributed by atoms with van der Waals surface area (Å²) in [6.07, 6.45) is 3.08. The van der Waals surface area contributed by atoms with Crippen molar-refractivity contribution in [3.8, 4) is 23.0 Å².